The first-order valence-corrected chi connectivity index (χ1v) is 4.97. The van der Waals surface area contributed by atoms with Gasteiger partial charge in [0.15, 0.2) is 0 Å². The monoisotopic (exact) mass is 202 g/mol. The smallest absolute Gasteiger partial charge is 0.0963 e. The third-order valence-corrected chi connectivity index (χ3v) is 2.53. The summed E-state index contributed by atoms with van der Waals surface area (Å²) < 4.78 is 4.98. The maximum Gasteiger partial charge on any atom is 0.0963 e. The predicted molar refractivity (Wildman–Crippen MR) is 58.4 cm³/mol. The van der Waals surface area contributed by atoms with Crippen LogP contribution in [0.25, 0.3) is 0 Å². The van der Waals surface area contributed by atoms with Crippen molar-refractivity contribution >= 4 is 0 Å². The number of aliphatic hydroxyl groups is 1. The summed E-state index contributed by atoms with van der Waals surface area (Å²) in [6, 6.07) is 11.7. The molecule has 1 unspecified atom stereocenters. The lowest BCUT2D eigenvalue weighted by Crippen LogP contribution is -2.23. The van der Waals surface area contributed by atoms with Crippen molar-refractivity contribution in [2.75, 3.05) is 0 Å². The lowest BCUT2D eigenvalue weighted by atomic mass is 9.91. The third kappa shape index (κ3) is 2.28. The van der Waals surface area contributed by atoms with Crippen LogP contribution in [0.5, 0.6) is 0 Å². The highest BCUT2D eigenvalue weighted by Crippen LogP contribution is 2.25. The van der Waals surface area contributed by atoms with Crippen LogP contribution in [0.3, 0.4) is 0 Å². The van der Waals surface area contributed by atoms with Gasteiger partial charge >= 0.3 is 0 Å². The van der Waals surface area contributed by atoms with E-state index in [9.17, 15) is 5.11 Å². The minimum Gasteiger partial charge on any atom is -0.472 e. The summed E-state index contributed by atoms with van der Waals surface area (Å²) in [4.78, 5) is 0. The van der Waals surface area contributed by atoms with E-state index in [-0.39, 0.29) is 0 Å². The predicted octanol–water partition coefficient (Wildman–Crippen LogP) is 2.73. The normalized spacial score (nSPS) is 14.8. The van der Waals surface area contributed by atoms with Crippen LogP contribution in [0.2, 0.25) is 0 Å². The zero-order chi connectivity index (χ0) is 10.7. The summed E-state index contributed by atoms with van der Waals surface area (Å²) in [5.41, 5.74) is 1.06. The fourth-order valence-corrected chi connectivity index (χ4v) is 1.67. The van der Waals surface area contributed by atoms with Gasteiger partial charge in [-0.15, -0.1) is 0 Å². The summed E-state index contributed by atoms with van der Waals surface area (Å²) in [5, 5.41) is 10.3. The molecule has 1 aromatic heterocycles. The van der Waals surface area contributed by atoms with Crippen LogP contribution >= 0.6 is 0 Å². The lowest BCUT2D eigenvalue weighted by molar-refractivity contribution is 0.0570. The van der Waals surface area contributed by atoms with E-state index in [0.29, 0.717) is 6.42 Å². The third-order valence-electron chi connectivity index (χ3n) is 2.53. The van der Waals surface area contributed by atoms with Crippen molar-refractivity contribution in [3.8, 4) is 0 Å². The van der Waals surface area contributed by atoms with E-state index in [2.05, 4.69) is 0 Å². The van der Waals surface area contributed by atoms with Crippen LogP contribution in [0.1, 0.15) is 18.1 Å². The Morgan fingerprint density at radius 3 is 2.53 bits per heavy atom. The number of rotatable bonds is 3. The Hall–Kier alpha value is -1.54. The van der Waals surface area contributed by atoms with Crippen LogP contribution in [0.4, 0.5) is 0 Å². The molecule has 0 amide bonds. The van der Waals surface area contributed by atoms with Crippen molar-refractivity contribution in [1.29, 1.82) is 0 Å². The van der Waals surface area contributed by atoms with Crippen molar-refractivity contribution < 1.29 is 9.52 Å². The maximum atomic E-state index is 10.3. The summed E-state index contributed by atoms with van der Waals surface area (Å²) in [6.07, 6.45) is 3.76. The van der Waals surface area contributed by atoms with Gasteiger partial charge in [-0.1, -0.05) is 30.3 Å². The highest BCUT2D eigenvalue weighted by Gasteiger charge is 2.24. The first-order chi connectivity index (χ1) is 7.18. The maximum absolute atomic E-state index is 10.3. The second kappa shape index (κ2) is 3.91. The number of furan rings is 1. The van der Waals surface area contributed by atoms with Gasteiger partial charge in [-0.2, -0.15) is 0 Å². The van der Waals surface area contributed by atoms with Gasteiger partial charge in [0.25, 0.3) is 0 Å². The van der Waals surface area contributed by atoms with E-state index >= 15 is 0 Å². The lowest BCUT2D eigenvalue weighted by Gasteiger charge is -2.21. The van der Waals surface area contributed by atoms with Gasteiger partial charge in [-0.3, -0.25) is 0 Å². The first kappa shape index (κ1) is 9.99. The van der Waals surface area contributed by atoms with Gasteiger partial charge in [0, 0.05) is 12.0 Å². The molecule has 2 heteroatoms. The van der Waals surface area contributed by atoms with E-state index in [1.807, 2.05) is 30.3 Å². The fraction of sp³-hybridized carbons (Fsp3) is 0.231. The van der Waals surface area contributed by atoms with Crippen LogP contribution in [0.15, 0.2) is 53.3 Å². The molecule has 0 fully saturated rings. The molecule has 1 aromatic carbocycles. The van der Waals surface area contributed by atoms with E-state index in [4.69, 9.17) is 4.42 Å². The molecule has 0 saturated carbocycles. The van der Waals surface area contributed by atoms with E-state index in [1.165, 1.54) is 0 Å². The van der Waals surface area contributed by atoms with Gasteiger partial charge in [0.2, 0.25) is 0 Å². The van der Waals surface area contributed by atoms with Crippen LogP contribution in [-0.2, 0) is 12.0 Å². The molecule has 2 nitrogen and oxygen atoms in total. The van der Waals surface area contributed by atoms with Gasteiger partial charge in [-0.25, -0.2) is 0 Å². The Bertz CT molecular complexity index is 401. The van der Waals surface area contributed by atoms with Crippen molar-refractivity contribution in [2.24, 2.45) is 0 Å². The molecule has 15 heavy (non-hydrogen) atoms. The largest absolute Gasteiger partial charge is 0.472 e. The second-order valence-corrected chi connectivity index (χ2v) is 3.95. The molecular formula is C13H14O2. The van der Waals surface area contributed by atoms with E-state index in [1.54, 1.807) is 25.5 Å². The molecule has 78 valence electrons. The Kier molecular flexibility index (Phi) is 2.60. The number of hydrogen-bond donors (Lipinski definition) is 1. The SMILES string of the molecule is CC(O)(Cc1ccccc1)c1ccoc1. The first-order valence-electron chi connectivity index (χ1n) is 4.97. The Morgan fingerprint density at radius 2 is 1.93 bits per heavy atom. The summed E-state index contributed by atoms with van der Waals surface area (Å²) in [5.74, 6) is 0. The zero-order valence-corrected chi connectivity index (χ0v) is 8.68. The van der Waals surface area contributed by atoms with E-state index in [0.717, 1.165) is 11.1 Å². The average molecular weight is 202 g/mol. The Labute approximate surface area is 89.2 Å². The van der Waals surface area contributed by atoms with Gasteiger partial charge in [-0.05, 0) is 18.6 Å². The highest BCUT2D eigenvalue weighted by molar-refractivity contribution is 5.22. The molecule has 1 heterocycles. The number of benzene rings is 1. The van der Waals surface area contributed by atoms with Crippen molar-refractivity contribution in [2.45, 2.75) is 18.9 Å². The quantitative estimate of drug-likeness (QED) is 0.830. The molecule has 0 bridgehead atoms. The molecule has 0 spiro atoms. The number of hydrogen-bond acceptors (Lipinski definition) is 2. The molecule has 2 aromatic rings. The van der Waals surface area contributed by atoms with Crippen LogP contribution < -0.4 is 0 Å². The molecule has 0 aliphatic carbocycles. The molecule has 0 aliphatic rings. The van der Waals surface area contributed by atoms with Gasteiger partial charge < -0.3 is 9.52 Å². The van der Waals surface area contributed by atoms with E-state index < -0.39 is 5.60 Å². The molecule has 2 rings (SSSR count). The Morgan fingerprint density at radius 1 is 1.20 bits per heavy atom. The summed E-state index contributed by atoms with van der Waals surface area (Å²) in [7, 11) is 0. The minimum absolute atomic E-state index is 0.591. The van der Waals surface area contributed by atoms with Crippen LogP contribution in [-0.4, -0.2) is 5.11 Å². The highest BCUT2D eigenvalue weighted by atomic mass is 16.3. The topological polar surface area (TPSA) is 33.4 Å². The second-order valence-electron chi connectivity index (χ2n) is 3.95. The van der Waals surface area contributed by atoms with Gasteiger partial charge in [0.1, 0.15) is 0 Å². The molecular weight excluding hydrogens is 188 g/mol. The van der Waals surface area contributed by atoms with Crippen molar-refractivity contribution in [3.63, 3.8) is 0 Å². The standard InChI is InChI=1S/C13H14O2/c1-13(14,12-7-8-15-10-12)9-11-5-3-2-4-6-11/h2-8,10,14H,9H2,1H3. The van der Waals surface area contributed by atoms with Gasteiger partial charge in [0.05, 0.1) is 18.1 Å². The zero-order valence-electron chi connectivity index (χ0n) is 8.68. The molecule has 0 saturated heterocycles. The van der Waals surface area contributed by atoms with Crippen molar-refractivity contribution in [3.05, 3.63) is 60.1 Å². The molecule has 0 radical (unpaired) electrons. The summed E-state index contributed by atoms with van der Waals surface area (Å²) in [6.45, 7) is 1.80. The molecule has 0 aliphatic heterocycles. The minimum atomic E-state index is -0.867. The molecule has 1 atom stereocenters. The summed E-state index contributed by atoms with van der Waals surface area (Å²) >= 11 is 0. The average Bonchev–Trinajstić information content (AvgIpc) is 2.71. The fourth-order valence-electron chi connectivity index (χ4n) is 1.67. The Balaban J connectivity index is 2.18. The van der Waals surface area contributed by atoms with Crippen molar-refractivity contribution in [1.82, 2.24) is 0 Å². The molecule has 1 N–H and O–H groups in total. The van der Waals surface area contributed by atoms with Crippen LogP contribution in [0, 0.1) is 0 Å².